The molecule has 2 aromatic carbocycles. The van der Waals surface area contributed by atoms with E-state index in [1.54, 1.807) is 12.1 Å². The molecule has 5 rings (SSSR count). The quantitative estimate of drug-likeness (QED) is 0.539. The second-order valence-corrected chi connectivity index (χ2v) is 11.2. The Balaban J connectivity index is 1.17. The Morgan fingerprint density at radius 2 is 1.45 bits per heavy atom. The summed E-state index contributed by atoms with van der Waals surface area (Å²) in [5, 5.41) is 0. The summed E-state index contributed by atoms with van der Waals surface area (Å²) in [6, 6.07) is 15.1. The molecule has 6 nitrogen and oxygen atoms in total. The Morgan fingerprint density at radius 1 is 0.909 bits per heavy atom. The number of benzene rings is 2. The van der Waals surface area contributed by atoms with Gasteiger partial charge in [-0.05, 0) is 72.1 Å². The van der Waals surface area contributed by atoms with Crippen molar-refractivity contribution in [2.75, 3.05) is 24.2 Å². The molecule has 1 saturated carbocycles. The van der Waals surface area contributed by atoms with Gasteiger partial charge < -0.3 is 9.64 Å². The molecule has 0 bridgehead atoms. The van der Waals surface area contributed by atoms with Crippen LogP contribution in [0.2, 0.25) is 0 Å². The Morgan fingerprint density at radius 3 is 1.97 bits per heavy atom. The molecule has 0 radical (unpaired) electrons. The number of fused-ring (bicyclic) bond motifs is 1. The van der Waals surface area contributed by atoms with Crippen molar-refractivity contribution in [1.82, 2.24) is 9.97 Å². The largest absolute Gasteiger partial charge is 0.490 e. The average Bonchev–Trinajstić information content (AvgIpc) is 3.38. The van der Waals surface area contributed by atoms with E-state index in [-0.39, 0.29) is 6.10 Å². The van der Waals surface area contributed by atoms with Crippen molar-refractivity contribution in [3.05, 3.63) is 66.5 Å². The van der Waals surface area contributed by atoms with E-state index in [1.165, 1.54) is 11.8 Å². The van der Waals surface area contributed by atoms with Crippen molar-refractivity contribution in [3.63, 3.8) is 0 Å². The minimum atomic E-state index is -3.18. The summed E-state index contributed by atoms with van der Waals surface area (Å²) in [5.41, 5.74) is 3.19. The molecule has 1 aliphatic heterocycles. The molecule has 1 aromatic heterocycles. The maximum Gasteiger partial charge on any atom is 0.225 e. The van der Waals surface area contributed by atoms with Gasteiger partial charge in [-0.2, -0.15) is 0 Å². The van der Waals surface area contributed by atoms with Crippen LogP contribution < -0.4 is 9.64 Å². The van der Waals surface area contributed by atoms with E-state index in [1.807, 2.05) is 48.8 Å². The van der Waals surface area contributed by atoms with Gasteiger partial charge in [-0.1, -0.05) is 31.2 Å². The van der Waals surface area contributed by atoms with Gasteiger partial charge in [0.1, 0.15) is 5.75 Å². The fourth-order valence-electron chi connectivity index (χ4n) is 5.01. The number of rotatable bonds is 6. The van der Waals surface area contributed by atoms with Crippen molar-refractivity contribution in [3.8, 4) is 16.9 Å². The minimum Gasteiger partial charge on any atom is -0.490 e. The third kappa shape index (κ3) is 4.74. The van der Waals surface area contributed by atoms with Gasteiger partial charge in [0.05, 0.1) is 11.0 Å². The third-order valence-electron chi connectivity index (χ3n) is 6.86. The van der Waals surface area contributed by atoms with Gasteiger partial charge in [0, 0.05) is 31.7 Å². The van der Waals surface area contributed by atoms with Crippen molar-refractivity contribution in [1.29, 1.82) is 0 Å². The predicted molar refractivity (Wildman–Crippen MR) is 129 cm³/mol. The summed E-state index contributed by atoms with van der Waals surface area (Å²) in [7, 11) is -3.18. The number of anilines is 1. The molecule has 0 spiro atoms. The lowest BCUT2D eigenvalue weighted by Gasteiger charge is -2.20. The summed E-state index contributed by atoms with van der Waals surface area (Å²) < 4.78 is 29.6. The Bertz CT molecular complexity index is 1200. The first kappa shape index (κ1) is 21.9. The SMILES string of the molecule is CCc1cnc(N2C[C@H]3CC(Oc4ccc(-c5ccc(S(C)(=O)=O)cc5)cc4)C[C@H]3C2)nc1. The number of hydrogen-bond donors (Lipinski definition) is 0. The van der Waals surface area contributed by atoms with Crippen molar-refractivity contribution >= 4 is 15.8 Å². The molecule has 3 aromatic rings. The number of hydrogen-bond acceptors (Lipinski definition) is 6. The number of aryl methyl sites for hydroxylation is 1. The molecular formula is C26H29N3O3S. The molecular weight excluding hydrogens is 434 g/mol. The van der Waals surface area contributed by atoms with Crippen molar-refractivity contribution in [2.45, 2.75) is 37.2 Å². The molecule has 172 valence electrons. The van der Waals surface area contributed by atoms with Crippen LogP contribution in [-0.2, 0) is 16.3 Å². The maximum atomic E-state index is 11.7. The van der Waals surface area contributed by atoms with Crippen LogP contribution in [0.15, 0.2) is 65.8 Å². The van der Waals surface area contributed by atoms with Crippen LogP contribution in [0.1, 0.15) is 25.3 Å². The standard InChI is InChI=1S/C26H29N3O3S/c1-3-18-14-27-26(28-15-18)29-16-21-12-24(13-22(21)17-29)32-23-8-4-19(5-9-23)20-6-10-25(11-7-20)33(2,30)31/h4-11,14-15,21-22,24H,3,12-13,16-17H2,1-2H3/t21-,22+,24?. The highest BCUT2D eigenvalue weighted by atomic mass is 32.2. The monoisotopic (exact) mass is 463 g/mol. The summed E-state index contributed by atoms with van der Waals surface area (Å²) >= 11 is 0. The van der Waals surface area contributed by atoms with E-state index in [2.05, 4.69) is 21.8 Å². The van der Waals surface area contributed by atoms with E-state index < -0.39 is 9.84 Å². The van der Waals surface area contributed by atoms with Gasteiger partial charge in [0.25, 0.3) is 0 Å². The lowest BCUT2D eigenvalue weighted by molar-refractivity contribution is 0.200. The Labute approximate surface area is 195 Å². The van der Waals surface area contributed by atoms with E-state index in [0.29, 0.717) is 16.7 Å². The number of nitrogens with zero attached hydrogens (tertiary/aromatic N) is 3. The molecule has 3 atom stereocenters. The molecule has 7 heteroatoms. The van der Waals surface area contributed by atoms with E-state index in [0.717, 1.165) is 55.2 Å². The molecule has 2 fully saturated rings. The smallest absolute Gasteiger partial charge is 0.225 e. The Hall–Kier alpha value is -2.93. The predicted octanol–water partition coefficient (Wildman–Crippen LogP) is 4.40. The first-order valence-electron chi connectivity index (χ1n) is 11.5. The maximum absolute atomic E-state index is 11.7. The zero-order valence-electron chi connectivity index (χ0n) is 19.0. The fourth-order valence-corrected chi connectivity index (χ4v) is 5.64. The summed E-state index contributed by atoms with van der Waals surface area (Å²) in [5.74, 6) is 2.97. The third-order valence-corrected chi connectivity index (χ3v) is 7.99. The Kier molecular flexibility index (Phi) is 5.83. The minimum absolute atomic E-state index is 0.241. The van der Waals surface area contributed by atoms with Crippen LogP contribution in [0, 0.1) is 11.8 Å². The van der Waals surface area contributed by atoms with Crippen molar-refractivity contribution in [2.24, 2.45) is 11.8 Å². The van der Waals surface area contributed by atoms with Crippen LogP contribution in [-0.4, -0.2) is 43.8 Å². The van der Waals surface area contributed by atoms with Gasteiger partial charge in [-0.25, -0.2) is 18.4 Å². The zero-order chi connectivity index (χ0) is 23.0. The van der Waals surface area contributed by atoms with E-state index >= 15 is 0 Å². The summed E-state index contributed by atoms with van der Waals surface area (Å²) in [6.45, 7) is 4.11. The lowest BCUT2D eigenvalue weighted by Crippen LogP contribution is -2.25. The highest BCUT2D eigenvalue weighted by Gasteiger charge is 2.42. The van der Waals surface area contributed by atoms with Gasteiger partial charge in [0.15, 0.2) is 9.84 Å². The molecule has 0 N–H and O–H groups in total. The van der Waals surface area contributed by atoms with Crippen LogP contribution in [0.4, 0.5) is 5.95 Å². The normalized spacial score (nSPS) is 22.4. The molecule has 33 heavy (non-hydrogen) atoms. The van der Waals surface area contributed by atoms with E-state index in [9.17, 15) is 8.42 Å². The van der Waals surface area contributed by atoms with Crippen LogP contribution >= 0.6 is 0 Å². The van der Waals surface area contributed by atoms with Crippen LogP contribution in [0.3, 0.4) is 0 Å². The second kappa shape index (κ2) is 8.78. The topological polar surface area (TPSA) is 72.4 Å². The first-order valence-corrected chi connectivity index (χ1v) is 13.4. The molecule has 2 heterocycles. The number of ether oxygens (including phenoxy) is 1. The molecule has 0 amide bonds. The van der Waals surface area contributed by atoms with Gasteiger partial charge in [0.2, 0.25) is 5.95 Å². The van der Waals surface area contributed by atoms with Crippen molar-refractivity contribution < 1.29 is 13.2 Å². The van der Waals surface area contributed by atoms with Gasteiger partial charge >= 0.3 is 0 Å². The molecule has 1 saturated heterocycles. The molecule has 1 unspecified atom stereocenters. The first-order chi connectivity index (χ1) is 15.9. The highest BCUT2D eigenvalue weighted by Crippen LogP contribution is 2.40. The van der Waals surface area contributed by atoms with Crippen LogP contribution in [0.25, 0.3) is 11.1 Å². The highest BCUT2D eigenvalue weighted by molar-refractivity contribution is 7.90. The summed E-state index contributed by atoms with van der Waals surface area (Å²) in [6.07, 6.45) is 8.41. The van der Waals surface area contributed by atoms with Crippen LogP contribution in [0.5, 0.6) is 5.75 Å². The molecule has 1 aliphatic carbocycles. The number of aromatic nitrogens is 2. The number of sulfone groups is 1. The average molecular weight is 464 g/mol. The van der Waals surface area contributed by atoms with E-state index in [4.69, 9.17) is 4.74 Å². The fraction of sp³-hybridized carbons (Fsp3) is 0.385. The molecule has 2 aliphatic rings. The summed E-state index contributed by atoms with van der Waals surface area (Å²) in [4.78, 5) is 11.7. The van der Waals surface area contributed by atoms with Gasteiger partial charge in [-0.15, -0.1) is 0 Å². The zero-order valence-corrected chi connectivity index (χ0v) is 19.8. The van der Waals surface area contributed by atoms with Gasteiger partial charge in [-0.3, -0.25) is 0 Å². The lowest BCUT2D eigenvalue weighted by atomic mass is 10.0. The second-order valence-electron chi connectivity index (χ2n) is 9.20.